The van der Waals surface area contributed by atoms with Crippen LogP contribution in [0.2, 0.25) is 0 Å². The van der Waals surface area contributed by atoms with E-state index in [-0.39, 0.29) is 6.10 Å². The molecule has 15 heavy (non-hydrogen) atoms. The van der Waals surface area contributed by atoms with Gasteiger partial charge in [-0.2, -0.15) is 0 Å². The molecule has 2 heteroatoms. The summed E-state index contributed by atoms with van der Waals surface area (Å²) in [5, 5.41) is 9.16. The van der Waals surface area contributed by atoms with Crippen LogP contribution in [0.5, 0.6) is 0 Å². The zero-order valence-electron chi connectivity index (χ0n) is 10.6. The molecule has 90 valence electrons. The highest BCUT2D eigenvalue weighted by atomic mass is 16.3. The molecule has 0 aromatic rings. The number of aliphatic hydroxyl groups excluding tert-OH is 1. The van der Waals surface area contributed by atoms with Gasteiger partial charge in [-0.05, 0) is 65.0 Å². The Balaban J connectivity index is 2.10. The van der Waals surface area contributed by atoms with Crippen LogP contribution in [0.25, 0.3) is 0 Å². The highest BCUT2D eigenvalue weighted by molar-refractivity contribution is 4.76. The predicted molar refractivity (Wildman–Crippen MR) is 65.0 cm³/mol. The minimum Gasteiger partial charge on any atom is -0.393 e. The monoisotopic (exact) mass is 213 g/mol. The van der Waals surface area contributed by atoms with Gasteiger partial charge in [0.25, 0.3) is 0 Å². The minimum atomic E-state index is -0.121. The average molecular weight is 213 g/mol. The van der Waals surface area contributed by atoms with Crippen molar-refractivity contribution in [3.05, 3.63) is 0 Å². The SMILES string of the molecule is CC(O)CCCCN1CCC(C)CC1C. The third-order valence-corrected chi connectivity index (χ3v) is 3.59. The molecular formula is C13H27NO. The molecule has 0 bridgehead atoms. The summed E-state index contributed by atoms with van der Waals surface area (Å²) in [7, 11) is 0. The molecule has 0 aliphatic carbocycles. The fourth-order valence-corrected chi connectivity index (χ4v) is 2.54. The predicted octanol–water partition coefficient (Wildman–Crippen LogP) is 2.66. The van der Waals surface area contributed by atoms with Crippen LogP contribution in [0.15, 0.2) is 0 Å². The summed E-state index contributed by atoms with van der Waals surface area (Å²) < 4.78 is 0. The van der Waals surface area contributed by atoms with Crippen molar-refractivity contribution in [3.63, 3.8) is 0 Å². The van der Waals surface area contributed by atoms with Crippen molar-refractivity contribution in [2.75, 3.05) is 13.1 Å². The smallest absolute Gasteiger partial charge is 0.0512 e. The molecule has 1 aliphatic rings. The van der Waals surface area contributed by atoms with E-state index in [1.807, 2.05) is 6.92 Å². The first-order chi connectivity index (χ1) is 7.09. The summed E-state index contributed by atoms with van der Waals surface area (Å²) in [5.41, 5.74) is 0. The third-order valence-electron chi connectivity index (χ3n) is 3.59. The normalized spacial score (nSPS) is 30.4. The van der Waals surface area contributed by atoms with Gasteiger partial charge in [-0.25, -0.2) is 0 Å². The number of hydrogen-bond acceptors (Lipinski definition) is 2. The number of piperidine rings is 1. The van der Waals surface area contributed by atoms with Gasteiger partial charge in [-0.3, -0.25) is 0 Å². The first-order valence-electron chi connectivity index (χ1n) is 6.51. The molecule has 0 radical (unpaired) electrons. The van der Waals surface area contributed by atoms with Gasteiger partial charge in [-0.15, -0.1) is 0 Å². The lowest BCUT2D eigenvalue weighted by Gasteiger charge is -2.36. The maximum Gasteiger partial charge on any atom is 0.0512 e. The third kappa shape index (κ3) is 4.98. The molecule has 1 rings (SSSR count). The number of unbranched alkanes of at least 4 members (excludes halogenated alkanes) is 1. The maximum absolute atomic E-state index is 9.16. The van der Waals surface area contributed by atoms with Crippen molar-refractivity contribution < 1.29 is 5.11 Å². The fourth-order valence-electron chi connectivity index (χ4n) is 2.54. The van der Waals surface area contributed by atoms with Crippen LogP contribution in [0, 0.1) is 5.92 Å². The largest absolute Gasteiger partial charge is 0.393 e. The van der Waals surface area contributed by atoms with Crippen LogP contribution < -0.4 is 0 Å². The summed E-state index contributed by atoms with van der Waals surface area (Å²) in [6.45, 7) is 9.09. The van der Waals surface area contributed by atoms with Crippen molar-refractivity contribution >= 4 is 0 Å². The summed E-state index contributed by atoms with van der Waals surface area (Å²) in [6.07, 6.45) is 5.96. The van der Waals surface area contributed by atoms with Crippen LogP contribution in [-0.2, 0) is 0 Å². The van der Waals surface area contributed by atoms with Crippen molar-refractivity contribution in [2.45, 2.75) is 65.0 Å². The molecule has 0 saturated carbocycles. The second-order valence-corrected chi connectivity index (χ2v) is 5.36. The molecule has 2 nitrogen and oxygen atoms in total. The summed E-state index contributed by atoms with van der Waals surface area (Å²) >= 11 is 0. The van der Waals surface area contributed by atoms with Crippen LogP contribution in [0.3, 0.4) is 0 Å². The molecule has 0 spiro atoms. The van der Waals surface area contributed by atoms with Gasteiger partial charge in [0.05, 0.1) is 6.10 Å². The van der Waals surface area contributed by atoms with E-state index in [0.29, 0.717) is 0 Å². The van der Waals surface area contributed by atoms with E-state index in [1.165, 1.54) is 32.4 Å². The molecule has 0 amide bonds. The molecule has 1 aliphatic heterocycles. The molecule has 3 unspecified atom stereocenters. The maximum atomic E-state index is 9.16. The van der Waals surface area contributed by atoms with Crippen LogP contribution >= 0.6 is 0 Å². The minimum absolute atomic E-state index is 0.121. The topological polar surface area (TPSA) is 23.5 Å². The van der Waals surface area contributed by atoms with E-state index in [9.17, 15) is 0 Å². The highest BCUT2D eigenvalue weighted by Crippen LogP contribution is 2.22. The number of hydrogen-bond donors (Lipinski definition) is 1. The fraction of sp³-hybridized carbons (Fsp3) is 1.00. The van der Waals surface area contributed by atoms with Gasteiger partial charge in [0.2, 0.25) is 0 Å². The van der Waals surface area contributed by atoms with Gasteiger partial charge in [-0.1, -0.05) is 6.92 Å². The first-order valence-corrected chi connectivity index (χ1v) is 6.51. The Hall–Kier alpha value is -0.0800. The second kappa shape index (κ2) is 6.49. The lowest BCUT2D eigenvalue weighted by atomic mass is 9.93. The van der Waals surface area contributed by atoms with Crippen molar-refractivity contribution in [1.29, 1.82) is 0 Å². The molecule has 0 aromatic heterocycles. The Bertz CT molecular complexity index is 170. The molecule has 3 atom stereocenters. The molecule has 1 heterocycles. The Kier molecular flexibility index (Phi) is 5.62. The lowest BCUT2D eigenvalue weighted by molar-refractivity contribution is 0.123. The van der Waals surface area contributed by atoms with Crippen LogP contribution in [-0.4, -0.2) is 35.2 Å². The molecule has 1 fully saturated rings. The molecule has 1 N–H and O–H groups in total. The lowest BCUT2D eigenvalue weighted by Crippen LogP contribution is -2.40. The van der Waals surface area contributed by atoms with E-state index >= 15 is 0 Å². The van der Waals surface area contributed by atoms with Gasteiger partial charge >= 0.3 is 0 Å². The van der Waals surface area contributed by atoms with E-state index in [4.69, 9.17) is 5.11 Å². The van der Waals surface area contributed by atoms with E-state index in [2.05, 4.69) is 18.7 Å². The second-order valence-electron chi connectivity index (χ2n) is 5.36. The summed E-state index contributed by atoms with van der Waals surface area (Å²) in [4.78, 5) is 2.61. The van der Waals surface area contributed by atoms with E-state index < -0.39 is 0 Å². The van der Waals surface area contributed by atoms with Crippen molar-refractivity contribution in [2.24, 2.45) is 5.92 Å². The molecular weight excluding hydrogens is 186 g/mol. The standard InChI is InChI=1S/C13H27NO/c1-11-7-9-14(12(2)10-11)8-5-4-6-13(3)15/h11-13,15H,4-10H2,1-3H3. The van der Waals surface area contributed by atoms with E-state index in [1.54, 1.807) is 0 Å². The van der Waals surface area contributed by atoms with Crippen molar-refractivity contribution in [3.8, 4) is 0 Å². The van der Waals surface area contributed by atoms with Crippen LogP contribution in [0.1, 0.15) is 52.9 Å². The van der Waals surface area contributed by atoms with Crippen molar-refractivity contribution in [1.82, 2.24) is 4.90 Å². The highest BCUT2D eigenvalue weighted by Gasteiger charge is 2.21. The van der Waals surface area contributed by atoms with Gasteiger partial charge in [0, 0.05) is 6.04 Å². The Morgan fingerprint density at radius 1 is 1.33 bits per heavy atom. The quantitative estimate of drug-likeness (QED) is 0.710. The Morgan fingerprint density at radius 2 is 2.07 bits per heavy atom. The molecule has 1 saturated heterocycles. The number of likely N-dealkylation sites (tertiary alicyclic amines) is 1. The number of aliphatic hydroxyl groups is 1. The number of nitrogens with zero attached hydrogens (tertiary/aromatic N) is 1. The zero-order valence-corrected chi connectivity index (χ0v) is 10.6. The van der Waals surface area contributed by atoms with Gasteiger partial charge in [0.15, 0.2) is 0 Å². The summed E-state index contributed by atoms with van der Waals surface area (Å²) in [5.74, 6) is 0.911. The van der Waals surface area contributed by atoms with Gasteiger partial charge < -0.3 is 10.0 Å². The Labute approximate surface area is 94.7 Å². The average Bonchev–Trinajstić information content (AvgIpc) is 2.14. The Morgan fingerprint density at radius 3 is 2.67 bits per heavy atom. The van der Waals surface area contributed by atoms with Crippen LogP contribution in [0.4, 0.5) is 0 Å². The van der Waals surface area contributed by atoms with E-state index in [0.717, 1.165) is 24.8 Å². The van der Waals surface area contributed by atoms with Gasteiger partial charge in [0.1, 0.15) is 0 Å². The summed E-state index contributed by atoms with van der Waals surface area (Å²) in [6, 6.07) is 0.764. The first kappa shape index (κ1) is 13.0. The zero-order chi connectivity index (χ0) is 11.3. The number of rotatable bonds is 5. The molecule has 0 aromatic carbocycles.